The molecule has 0 atom stereocenters. The van der Waals surface area contributed by atoms with Gasteiger partial charge >= 0.3 is 5.97 Å². The van der Waals surface area contributed by atoms with Crippen molar-refractivity contribution in [3.63, 3.8) is 0 Å². The van der Waals surface area contributed by atoms with E-state index in [1.807, 2.05) is 0 Å². The van der Waals surface area contributed by atoms with Crippen LogP contribution in [0, 0.1) is 5.95 Å². The largest absolute Gasteiger partial charge is 0.464 e. The molecule has 12 heavy (non-hydrogen) atoms. The SMILES string of the molecule is CCn1nc(C(=O)OC)cc1F. The van der Waals surface area contributed by atoms with Gasteiger partial charge in [-0.25, -0.2) is 9.48 Å². The van der Waals surface area contributed by atoms with E-state index in [1.165, 1.54) is 7.11 Å². The number of nitrogens with zero attached hydrogens (tertiary/aromatic N) is 2. The lowest BCUT2D eigenvalue weighted by Crippen LogP contribution is -2.04. The summed E-state index contributed by atoms with van der Waals surface area (Å²) < 4.78 is 18.3. The van der Waals surface area contributed by atoms with E-state index in [0.29, 0.717) is 6.54 Å². The van der Waals surface area contributed by atoms with Crippen LogP contribution in [0.3, 0.4) is 0 Å². The number of aromatic nitrogens is 2. The summed E-state index contributed by atoms with van der Waals surface area (Å²) in [5.74, 6) is -1.15. The van der Waals surface area contributed by atoms with Crippen LogP contribution < -0.4 is 0 Å². The van der Waals surface area contributed by atoms with Crippen molar-refractivity contribution >= 4 is 5.97 Å². The molecular formula is C7H9FN2O2. The van der Waals surface area contributed by atoms with Crippen molar-refractivity contribution in [1.29, 1.82) is 0 Å². The van der Waals surface area contributed by atoms with Gasteiger partial charge in [0.1, 0.15) is 0 Å². The maximum atomic E-state index is 12.8. The number of hydrogen-bond acceptors (Lipinski definition) is 3. The number of carbonyl (C=O) groups excluding carboxylic acids is 1. The first-order valence-corrected chi connectivity index (χ1v) is 3.50. The molecule has 0 N–H and O–H groups in total. The van der Waals surface area contributed by atoms with Crippen molar-refractivity contribution in [2.45, 2.75) is 13.5 Å². The molecule has 1 aromatic heterocycles. The molecule has 1 heterocycles. The summed E-state index contributed by atoms with van der Waals surface area (Å²) in [5.41, 5.74) is -0.00292. The summed E-state index contributed by atoms with van der Waals surface area (Å²) in [5, 5.41) is 3.67. The minimum Gasteiger partial charge on any atom is -0.464 e. The Morgan fingerprint density at radius 3 is 2.92 bits per heavy atom. The molecule has 0 bridgehead atoms. The van der Waals surface area contributed by atoms with Crippen molar-refractivity contribution in [3.05, 3.63) is 17.7 Å². The molecule has 5 heteroatoms. The smallest absolute Gasteiger partial charge is 0.358 e. The van der Waals surface area contributed by atoms with E-state index in [-0.39, 0.29) is 5.69 Å². The number of esters is 1. The summed E-state index contributed by atoms with van der Waals surface area (Å²) >= 11 is 0. The van der Waals surface area contributed by atoms with Crippen molar-refractivity contribution in [2.75, 3.05) is 7.11 Å². The second kappa shape index (κ2) is 3.34. The van der Waals surface area contributed by atoms with Crippen LogP contribution in [-0.2, 0) is 11.3 Å². The van der Waals surface area contributed by atoms with Crippen LogP contribution in [0.5, 0.6) is 0 Å². The topological polar surface area (TPSA) is 44.1 Å². The molecule has 0 radical (unpaired) electrons. The first kappa shape index (κ1) is 8.70. The number of methoxy groups -OCH3 is 1. The molecule has 0 unspecified atom stereocenters. The normalized spacial score (nSPS) is 9.92. The third-order valence-electron chi connectivity index (χ3n) is 1.42. The van der Waals surface area contributed by atoms with Gasteiger partial charge in [0.05, 0.1) is 7.11 Å². The maximum Gasteiger partial charge on any atom is 0.358 e. The van der Waals surface area contributed by atoms with E-state index < -0.39 is 11.9 Å². The Hall–Kier alpha value is -1.39. The van der Waals surface area contributed by atoms with Crippen LogP contribution in [0.25, 0.3) is 0 Å². The fourth-order valence-corrected chi connectivity index (χ4v) is 0.820. The second-order valence-electron chi connectivity index (χ2n) is 2.16. The Morgan fingerprint density at radius 1 is 1.83 bits per heavy atom. The number of aryl methyl sites for hydroxylation is 1. The quantitative estimate of drug-likeness (QED) is 0.620. The zero-order valence-corrected chi connectivity index (χ0v) is 6.87. The second-order valence-corrected chi connectivity index (χ2v) is 2.16. The minimum atomic E-state index is -0.624. The Balaban J connectivity index is 2.96. The van der Waals surface area contributed by atoms with E-state index >= 15 is 0 Å². The lowest BCUT2D eigenvalue weighted by molar-refractivity contribution is 0.0593. The highest BCUT2D eigenvalue weighted by Gasteiger charge is 2.12. The highest BCUT2D eigenvalue weighted by atomic mass is 19.1. The lowest BCUT2D eigenvalue weighted by Gasteiger charge is -1.93. The zero-order valence-electron chi connectivity index (χ0n) is 6.87. The maximum absolute atomic E-state index is 12.8. The third-order valence-corrected chi connectivity index (χ3v) is 1.42. The average Bonchev–Trinajstić information content (AvgIpc) is 2.45. The minimum absolute atomic E-state index is 0.00292. The third kappa shape index (κ3) is 1.44. The van der Waals surface area contributed by atoms with Crippen LogP contribution in [0.2, 0.25) is 0 Å². The molecule has 0 amide bonds. The summed E-state index contributed by atoms with van der Waals surface area (Å²) in [6.07, 6.45) is 0. The number of carbonyl (C=O) groups is 1. The highest BCUT2D eigenvalue weighted by Crippen LogP contribution is 2.03. The van der Waals surface area contributed by atoms with E-state index in [0.717, 1.165) is 10.7 Å². The molecule has 1 aromatic rings. The predicted molar refractivity (Wildman–Crippen MR) is 39.2 cm³/mol. The molecule has 0 aliphatic heterocycles. The van der Waals surface area contributed by atoms with Crippen molar-refractivity contribution in [1.82, 2.24) is 9.78 Å². The molecule has 0 fully saturated rings. The van der Waals surface area contributed by atoms with Crippen molar-refractivity contribution < 1.29 is 13.9 Å². The first-order chi connectivity index (χ1) is 5.69. The van der Waals surface area contributed by atoms with Gasteiger partial charge in [-0.3, -0.25) is 0 Å². The summed E-state index contributed by atoms with van der Waals surface area (Å²) in [7, 11) is 1.23. The molecule has 0 saturated heterocycles. The Morgan fingerprint density at radius 2 is 2.50 bits per heavy atom. The van der Waals surface area contributed by atoms with Crippen LogP contribution in [0.4, 0.5) is 4.39 Å². The molecule has 0 saturated carbocycles. The fraction of sp³-hybridized carbons (Fsp3) is 0.429. The molecule has 0 aliphatic rings. The van der Waals surface area contributed by atoms with Gasteiger partial charge in [-0.1, -0.05) is 0 Å². The molecule has 66 valence electrons. The van der Waals surface area contributed by atoms with Gasteiger partial charge in [-0.15, -0.1) is 0 Å². The van der Waals surface area contributed by atoms with Gasteiger partial charge in [0.15, 0.2) is 5.69 Å². The first-order valence-electron chi connectivity index (χ1n) is 3.50. The Labute approximate surface area is 68.9 Å². The molecular weight excluding hydrogens is 163 g/mol. The van der Waals surface area contributed by atoms with Crippen LogP contribution in [0.1, 0.15) is 17.4 Å². The summed E-state index contributed by atoms with van der Waals surface area (Å²) in [6.45, 7) is 2.12. The number of hydrogen-bond donors (Lipinski definition) is 0. The van der Waals surface area contributed by atoms with Crippen molar-refractivity contribution in [3.8, 4) is 0 Å². The van der Waals surface area contributed by atoms with E-state index in [2.05, 4.69) is 9.84 Å². The number of halogens is 1. The van der Waals surface area contributed by atoms with E-state index in [4.69, 9.17) is 0 Å². The highest BCUT2D eigenvalue weighted by molar-refractivity contribution is 5.86. The Kier molecular flexibility index (Phi) is 2.42. The van der Waals surface area contributed by atoms with Crippen LogP contribution in [0.15, 0.2) is 6.07 Å². The van der Waals surface area contributed by atoms with Gasteiger partial charge < -0.3 is 4.74 Å². The van der Waals surface area contributed by atoms with Gasteiger partial charge in [0.25, 0.3) is 0 Å². The summed E-state index contributed by atoms with van der Waals surface area (Å²) in [6, 6.07) is 1.05. The molecule has 4 nitrogen and oxygen atoms in total. The van der Waals surface area contributed by atoms with E-state index in [1.54, 1.807) is 6.92 Å². The van der Waals surface area contributed by atoms with Crippen LogP contribution in [-0.4, -0.2) is 22.9 Å². The lowest BCUT2D eigenvalue weighted by atomic mass is 10.4. The van der Waals surface area contributed by atoms with Gasteiger partial charge in [-0.05, 0) is 6.92 Å². The molecule has 0 aliphatic carbocycles. The number of rotatable bonds is 2. The van der Waals surface area contributed by atoms with E-state index in [9.17, 15) is 9.18 Å². The molecule has 0 aromatic carbocycles. The average molecular weight is 172 g/mol. The predicted octanol–water partition coefficient (Wildman–Crippen LogP) is 0.829. The summed E-state index contributed by atoms with van der Waals surface area (Å²) in [4.78, 5) is 10.8. The number of ether oxygens (including phenoxy) is 1. The fourth-order valence-electron chi connectivity index (χ4n) is 0.820. The standard InChI is InChI=1S/C7H9FN2O2/c1-3-10-6(8)4-5(9-10)7(11)12-2/h4H,3H2,1-2H3. The van der Waals surface area contributed by atoms with Gasteiger partial charge in [-0.2, -0.15) is 9.49 Å². The van der Waals surface area contributed by atoms with Gasteiger partial charge in [0.2, 0.25) is 5.95 Å². The molecule has 0 spiro atoms. The monoisotopic (exact) mass is 172 g/mol. The Bertz CT molecular complexity index is 296. The zero-order chi connectivity index (χ0) is 9.14. The van der Waals surface area contributed by atoms with Crippen molar-refractivity contribution in [2.24, 2.45) is 0 Å². The van der Waals surface area contributed by atoms with Gasteiger partial charge in [0, 0.05) is 12.6 Å². The molecule has 1 rings (SSSR count). The van der Waals surface area contributed by atoms with Crippen LogP contribution >= 0.6 is 0 Å².